The van der Waals surface area contributed by atoms with Crippen molar-refractivity contribution in [2.45, 2.75) is 56.9 Å². The molecule has 1 aromatic rings. The Labute approximate surface area is 160 Å². The zero-order valence-corrected chi connectivity index (χ0v) is 15.6. The first kappa shape index (κ1) is 21.5. The van der Waals surface area contributed by atoms with E-state index in [2.05, 4.69) is 10.1 Å². The molecule has 0 aliphatic heterocycles. The molecule has 0 aromatic heterocycles. The molecule has 1 saturated carbocycles. The van der Waals surface area contributed by atoms with Gasteiger partial charge in [-0.3, -0.25) is 10.1 Å². The number of carbonyl (C=O) groups excluding carboxylic acids is 2. The van der Waals surface area contributed by atoms with Gasteiger partial charge >= 0.3 is 12.1 Å². The number of ether oxygens (including phenoxy) is 1. The van der Waals surface area contributed by atoms with Gasteiger partial charge in [0.05, 0.1) is 17.2 Å². The third-order valence-electron chi connectivity index (χ3n) is 4.45. The fourth-order valence-corrected chi connectivity index (χ4v) is 3.31. The second-order valence-corrected chi connectivity index (χ2v) is 6.79. The van der Waals surface area contributed by atoms with Gasteiger partial charge < -0.3 is 10.1 Å². The van der Waals surface area contributed by atoms with Gasteiger partial charge in [-0.15, -0.1) is 0 Å². The molecule has 0 heterocycles. The van der Waals surface area contributed by atoms with E-state index in [9.17, 15) is 22.8 Å². The van der Waals surface area contributed by atoms with E-state index in [1.165, 1.54) is 25.1 Å². The summed E-state index contributed by atoms with van der Waals surface area (Å²) in [5, 5.41) is 4.14. The largest absolute Gasteiger partial charge is 0.463 e. The average Bonchev–Trinajstić information content (AvgIpc) is 2.61. The number of hydrogen-bond acceptors (Lipinski definition) is 4. The quantitative estimate of drug-likeness (QED) is 0.557. The monoisotopic (exact) mass is 406 g/mol. The molecule has 0 spiro atoms. The molecule has 0 saturated heterocycles. The number of esters is 1. The molecule has 1 amide bonds. The van der Waals surface area contributed by atoms with E-state index in [4.69, 9.17) is 11.6 Å². The van der Waals surface area contributed by atoms with Crippen LogP contribution in [0.2, 0.25) is 5.02 Å². The first-order chi connectivity index (χ1) is 12.7. The summed E-state index contributed by atoms with van der Waals surface area (Å²) in [6.07, 6.45) is -1.77. The van der Waals surface area contributed by atoms with Gasteiger partial charge in [0.1, 0.15) is 0 Å². The van der Waals surface area contributed by atoms with Crippen molar-refractivity contribution >= 4 is 23.5 Å². The lowest BCUT2D eigenvalue weighted by Gasteiger charge is -2.38. The predicted octanol–water partition coefficient (Wildman–Crippen LogP) is 3.81. The van der Waals surface area contributed by atoms with Crippen molar-refractivity contribution in [3.63, 3.8) is 0 Å². The van der Waals surface area contributed by atoms with Gasteiger partial charge in [0.25, 0.3) is 11.6 Å². The minimum Gasteiger partial charge on any atom is -0.463 e. The second-order valence-electron chi connectivity index (χ2n) is 6.38. The molecule has 1 aromatic carbocycles. The summed E-state index contributed by atoms with van der Waals surface area (Å²) in [4.78, 5) is 24.9. The van der Waals surface area contributed by atoms with Crippen molar-refractivity contribution in [3.8, 4) is 0 Å². The van der Waals surface area contributed by atoms with Crippen LogP contribution in [0.25, 0.3) is 0 Å². The Hall–Kier alpha value is -1.80. The minimum absolute atomic E-state index is 0.0207. The summed E-state index contributed by atoms with van der Waals surface area (Å²) in [5.41, 5.74) is -3.51. The molecule has 1 aliphatic carbocycles. The van der Waals surface area contributed by atoms with Crippen LogP contribution in [-0.4, -0.2) is 36.4 Å². The van der Waals surface area contributed by atoms with Crippen LogP contribution in [0, 0.1) is 0 Å². The first-order valence-corrected chi connectivity index (χ1v) is 9.17. The van der Waals surface area contributed by atoms with Crippen molar-refractivity contribution in [1.82, 2.24) is 10.6 Å². The lowest BCUT2D eigenvalue weighted by Crippen LogP contribution is -2.74. The van der Waals surface area contributed by atoms with Crippen LogP contribution in [-0.2, 0) is 9.53 Å². The molecule has 9 heteroatoms. The Kier molecular flexibility index (Phi) is 7.11. The minimum atomic E-state index is -5.12. The number of amides is 1. The van der Waals surface area contributed by atoms with Crippen molar-refractivity contribution < 1.29 is 27.5 Å². The lowest BCUT2D eigenvalue weighted by atomic mass is 9.93. The van der Waals surface area contributed by atoms with Crippen LogP contribution < -0.4 is 10.6 Å². The molecular weight excluding hydrogens is 385 g/mol. The number of carbonyl (C=O) groups is 2. The zero-order valence-electron chi connectivity index (χ0n) is 14.9. The van der Waals surface area contributed by atoms with Gasteiger partial charge in [0.15, 0.2) is 0 Å². The fraction of sp³-hybridized carbons (Fsp3) is 0.556. The summed E-state index contributed by atoms with van der Waals surface area (Å²) in [5.74, 6) is -2.71. The van der Waals surface area contributed by atoms with Gasteiger partial charge in [-0.1, -0.05) is 43.0 Å². The molecule has 150 valence electrons. The van der Waals surface area contributed by atoms with E-state index in [1.54, 1.807) is 6.07 Å². The Morgan fingerprint density at radius 2 is 1.81 bits per heavy atom. The van der Waals surface area contributed by atoms with Crippen molar-refractivity contribution in [3.05, 3.63) is 34.9 Å². The van der Waals surface area contributed by atoms with Crippen LogP contribution in [0.4, 0.5) is 13.2 Å². The summed E-state index contributed by atoms with van der Waals surface area (Å²) in [6.45, 7) is 1.14. The standard InChI is InChI=1S/C18H22ClF3N2O3/c1-2-27-16(26)17(18(20,21)22,23-12-8-4-3-5-9-12)24-15(25)13-10-6-7-11-14(13)19/h6-7,10-12,23H,2-5,8-9H2,1H3,(H,24,25). The average molecular weight is 407 g/mol. The van der Waals surface area contributed by atoms with Gasteiger partial charge in [-0.05, 0) is 31.9 Å². The molecule has 0 radical (unpaired) electrons. The molecule has 5 nitrogen and oxygen atoms in total. The number of alkyl halides is 3. The van der Waals surface area contributed by atoms with E-state index in [1.807, 2.05) is 5.32 Å². The first-order valence-electron chi connectivity index (χ1n) is 8.80. The second kappa shape index (κ2) is 8.93. The molecular formula is C18H22ClF3N2O3. The summed E-state index contributed by atoms with van der Waals surface area (Å²) in [6, 6.07) is 5.10. The van der Waals surface area contributed by atoms with Crippen LogP contribution in [0.15, 0.2) is 24.3 Å². The highest BCUT2D eigenvalue weighted by atomic mass is 35.5. The normalized spacial score (nSPS) is 17.8. The van der Waals surface area contributed by atoms with E-state index in [-0.39, 0.29) is 17.2 Å². The van der Waals surface area contributed by atoms with Gasteiger partial charge in [0.2, 0.25) is 0 Å². The van der Waals surface area contributed by atoms with E-state index in [0.717, 1.165) is 19.3 Å². The topological polar surface area (TPSA) is 67.4 Å². The molecule has 27 heavy (non-hydrogen) atoms. The summed E-state index contributed by atoms with van der Waals surface area (Å²) in [7, 11) is 0. The number of hydrogen-bond donors (Lipinski definition) is 2. The van der Waals surface area contributed by atoms with Crippen LogP contribution >= 0.6 is 11.6 Å². The molecule has 1 fully saturated rings. The summed E-state index contributed by atoms with van der Waals surface area (Å²) >= 11 is 5.92. The summed E-state index contributed by atoms with van der Waals surface area (Å²) < 4.78 is 46.9. The number of benzene rings is 1. The van der Waals surface area contributed by atoms with Crippen LogP contribution in [0.3, 0.4) is 0 Å². The smallest absolute Gasteiger partial charge is 0.436 e. The molecule has 1 atom stereocenters. The van der Waals surface area contributed by atoms with Gasteiger partial charge in [0, 0.05) is 6.04 Å². The maximum atomic E-state index is 14.1. The molecule has 0 bridgehead atoms. The molecule has 2 rings (SSSR count). The van der Waals surface area contributed by atoms with Gasteiger partial charge in [-0.2, -0.15) is 13.2 Å². The van der Waals surface area contributed by atoms with Crippen LogP contribution in [0.5, 0.6) is 0 Å². The highest BCUT2D eigenvalue weighted by Gasteiger charge is 2.64. The van der Waals surface area contributed by atoms with Crippen molar-refractivity contribution in [2.24, 2.45) is 0 Å². The molecule has 1 unspecified atom stereocenters. The Morgan fingerprint density at radius 1 is 1.19 bits per heavy atom. The SMILES string of the molecule is CCOC(=O)C(NC(=O)c1ccccc1Cl)(NC1CCCCC1)C(F)(F)F. The highest BCUT2D eigenvalue weighted by molar-refractivity contribution is 6.33. The lowest BCUT2D eigenvalue weighted by molar-refractivity contribution is -0.220. The zero-order chi connectivity index (χ0) is 20.1. The van der Waals surface area contributed by atoms with E-state index < -0.39 is 29.8 Å². The Morgan fingerprint density at radius 3 is 2.37 bits per heavy atom. The van der Waals surface area contributed by atoms with E-state index in [0.29, 0.717) is 12.8 Å². The number of rotatable bonds is 6. The van der Waals surface area contributed by atoms with Gasteiger partial charge in [-0.25, -0.2) is 4.79 Å². The highest BCUT2D eigenvalue weighted by Crippen LogP contribution is 2.33. The van der Waals surface area contributed by atoms with Crippen molar-refractivity contribution in [2.75, 3.05) is 6.61 Å². The predicted molar refractivity (Wildman–Crippen MR) is 94.3 cm³/mol. The molecule has 2 N–H and O–H groups in total. The maximum absolute atomic E-state index is 14.1. The fourth-order valence-electron chi connectivity index (χ4n) is 3.09. The number of nitrogens with one attached hydrogen (secondary N) is 2. The molecule has 1 aliphatic rings. The Balaban J connectivity index is 2.41. The maximum Gasteiger partial charge on any atom is 0.436 e. The van der Waals surface area contributed by atoms with Crippen molar-refractivity contribution in [1.29, 1.82) is 0 Å². The Bertz CT molecular complexity index is 678. The number of halogens is 4. The van der Waals surface area contributed by atoms with E-state index >= 15 is 0 Å². The van der Waals surface area contributed by atoms with Crippen LogP contribution in [0.1, 0.15) is 49.4 Å². The third-order valence-corrected chi connectivity index (χ3v) is 4.78. The third kappa shape index (κ3) is 4.93.